The molecule has 3 aromatic rings. The third-order valence-corrected chi connectivity index (χ3v) is 7.43. The van der Waals surface area contributed by atoms with Crippen LogP contribution in [0.2, 0.25) is 0 Å². The number of carbonyl (C=O) groups is 1. The van der Waals surface area contributed by atoms with E-state index in [1.807, 2.05) is 53.4 Å². The van der Waals surface area contributed by atoms with Crippen LogP contribution in [0.25, 0.3) is 11.3 Å². The number of halogens is 1. The maximum Gasteiger partial charge on any atom is 0.233 e. The quantitative estimate of drug-likeness (QED) is 0.500. The molecule has 1 unspecified atom stereocenters. The van der Waals surface area contributed by atoms with E-state index in [-0.39, 0.29) is 17.6 Å². The summed E-state index contributed by atoms with van der Waals surface area (Å²) in [5.41, 5.74) is 2.39. The molecule has 2 saturated heterocycles. The van der Waals surface area contributed by atoms with Gasteiger partial charge in [-0.15, -0.1) is 0 Å². The number of rotatable bonds is 5. The van der Waals surface area contributed by atoms with Crippen LogP contribution < -0.4 is 4.74 Å². The second-order valence-electron chi connectivity index (χ2n) is 9.41. The maximum absolute atomic E-state index is 14.9. The van der Waals surface area contributed by atoms with Crippen molar-refractivity contribution in [2.45, 2.75) is 37.0 Å². The first-order valence-electron chi connectivity index (χ1n) is 12.3. The van der Waals surface area contributed by atoms with Crippen molar-refractivity contribution >= 4 is 5.91 Å². The summed E-state index contributed by atoms with van der Waals surface area (Å²) in [4.78, 5) is 21.0. The van der Waals surface area contributed by atoms with Crippen molar-refractivity contribution in [1.82, 2.24) is 9.88 Å². The molecule has 0 saturated carbocycles. The summed E-state index contributed by atoms with van der Waals surface area (Å²) in [5, 5.41) is 0. The minimum Gasteiger partial charge on any atom is -0.496 e. The molecule has 0 bridgehead atoms. The second-order valence-corrected chi connectivity index (χ2v) is 9.41. The van der Waals surface area contributed by atoms with Crippen LogP contribution in [-0.4, -0.2) is 49.2 Å². The lowest BCUT2D eigenvalue weighted by molar-refractivity contribution is -0.142. The summed E-state index contributed by atoms with van der Waals surface area (Å²) in [7, 11) is 1.66. The molecular formula is C29H31FN2O3. The minimum absolute atomic E-state index is 0.0106. The Morgan fingerprint density at radius 3 is 2.63 bits per heavy atom. The van der Waals surface area contributed by atoms with Gasteiger partial charge in [0.05, 0.1) is 18.2 Å². The predicted octanol–water partition coefficient (Wildman–Crippen LogP) is 5.35. The number of likely N-dealkylation sites (tertiary alicyclic amines) is 1. The molecule has 3 heterocycles. The third kappa shape index (κ3) is 4.55. The van der Waals surface area contributed by atoms with E-state index in [9.17, 15) is 9.18 Å². The summed E-state index contributed by atoms with van der Waals surface area (Å²) in [6.45, 7) is 2.18. The van der Waals surface area contributed by atoms with Crippen LogP contribution in [0.1, 0.15) is 42.9 Å². The van der Waals surface area contributed by atoms with Gasteiger partial charge < -0.3 is 14.4 Å². The molecule has 0 aliphatic carbocycles. The van der Waals surface area contributed by atoms with Crippen molar-refractivity contribution in [2.75, 3.05) is 33.4 Å². The standard InChI is InChI=1S/C29H31FN2O3/c1-34-27-14-5-2-9-22(27)26-13-6-12-25(31-26)21-8-7-17-32(20-21)28(33)29(15-18-35-19-16-29)23-10-3-4-11-24(23)30/h2-6,9-14,21H,7-8,15-20H2,1H3. The van der Waals surface area contributed by atoms with Gasteiger partial charge in [0, 0.05) is 49.0 Å². The number of ether oxygens (including phenoxy) is 2. The third-order valence-electron chi connectivity index (χ3n) is 7.43. The molecule has 182 valence electrons. The Bertz CT molecular complexity index is 1190. The summed E-state index contributed by atoms with van der Waals surface area (Å²) in [6, 6.07) is 20.6. The van der Waals surface area contributed by atoms with Gasteiger partial charge in [0.15, 0.2) is 0 Å². The fourth-order valence-corrected chi connectivity index (χ4v) is 5.56. The zero-order valence-electron chi connectivity index (χ0n) is 20.1. The first kappa shape index (κ1) is 23.5. The molecule has 2 aliphatic heterocycles. The number of benzene rings is 2. The molecule has 0 radical (unpaired) electrons. The van der Waals surface area contributed by atoms with Gasteiger partial charge >= 0.3 is 0 Å². The van der Waals surface area contributed by atoms with E-state index in [4.69, 9.17) is 14.5 Å². The monoisotopic (exact) mass is 474 g/mol. The SMILES string of the molecule is COc1ccccc1-c1cccc(C2CCCN(C(=O)C3(c4ccccc4F)CCOCC3)C2)n1. The molecule has 5 rings (SSSR count). The molecule has 0 spiro atoms. The minimum atomic E-state index is -0.877. The number of amides is 1. The number of carbonyl (C=O) groups excluding carboxylic acids is 1. The van der Waals surface area contributed by atoms with Gasteiger partial charge in [-0.25, -0.2) is 4.39 Å². The van der Waals surface area contributed by atoms with E-state index in [2.05, 4.69) is 0 Å². The molecule has 1 aromatic heterocycles. The van der Waals surface area contributed by atoms with Crippen LogP contribution in [0.3, 0.4) is 0 Å². The summed E-state index contributed by atoms with van der Waals surface area (Å²) >= 11 is 0. The van der Waals surface area contributed by atoms with Crippen LogP contribution in [0.5, 0.6) is 5.75 Å². The predicted molar refractivity (Wildman–Crippen MR) is 133 cm³/mol. The number of methoxy groups -OCH3 is 1. The van der Waals surface area contributed by atoms with Crippen molar-refractivity contribution in [2.24, 2.45) is 0 Å². The Kier molecular flexibility index (Phi) is 6.82. The molecule has 6 heteroatoms. The van der Waals surface area contributed by atoms with Crippen molar-refractivity contribution in [3.63, 3.8) is 0 Å². The fraction of sp³-hybridized carbons (Fsp3) is 0.379. The van der Waals surface area contributed by atoms with Gasteiger partial charge in [-0.2, -0.15) is 0 Å². The molecule has 2 fully saturated rings. The highest BCUT2D eigenvalue weighted by molar-refractivity contribution is 5.88. The van der Waals surface area contributed by atoms with Crippen molar-refractivity contribution < 1.29 is 18.7 Å². The lowest BCUT2D eigenvalue weighted by Crippen LogP contribution is -2.52. The van der Waals surface area contributed by atoms with E-state index in [1.54, 1.807) is 19.2 Å². The molecule has 5 nitrogen and oxygen atoms in total. The maximum atomic E-state index is 14.9. The molecule has 1 atom stereocenters. The molecule has 35 heavy (non-hydrogen) atoms. The van der Waals surface area contributed by atoms with Crippen molar-refractivity contribution in [1.29, 1.82) is 0 Å². The van der Waals surface area contributed by atoms with Crippen LogP contribution >= 0.6 is 0 Å². The molecule has 2 aliphatic rings. The van der Waals surface area contributed by atoms with Gasteiger partial charge in [0.1, 0.15) is 11.6 Å². The zero-order chi connectivity index (χ0) is 24.3. The Morgan fingerprint density at radius 2 is 1.83 bits per heavy atom. The highest BCUT2D eigenvalue weighted by atomic mass is 19.1. The lowest BCUT2D eigenvalue weighted by Gasteiger charge is -2.42. The van der Waals surface area contributed by atoms with E-state index in [0.717, 1.165) is 35.5 Å². The molecular weight excluding hydrogens is 443 g/mol. The Morgan fingerprint density at radius 1 is 1.06 bits per heavy atom. The van der Waals surface area contributed by atoms with Crippen molar-refractivity contribution in [3.05, 3.63) is 83.8 Å². The number of hydrogen-bond acceptors (Lipinski definition) is 4. The highest BCUT2D eigenvalue weighted by Gasteiger charge is 2.46. The Balaban J connectivity index is 1.42. The highest BCUT2D eigenvalue weighted by Crippen LogP contribution is 2.40. The van der Waals surface area contributed by atoms with Gasteiger partial charge in [-0.1, -0.05) is 36.4 Å². The Labute approximate surface area is 205 Å². The van der Waals surface area contributed by atoms with Crippen LogP contribution in [0.4, 0.5) is 4.39 Å². The van der Waals surface area contributed by atoms with E-state index < -0.39 is 5.41 Å². The summed E-state index contributed by atoms with van der Waals surface area (Å²) < 4.78 is 26.0. The summed E-state index contributed by atoms with van der Waals surface area (Å²) in [5.74, 6) is 0.600. The largest absolute Gasteiger partial charge is 0.496 e. The topological polar surface area (TPSA) is 51.7 Å². The lowest BCUT2D eigenvalue weighted by atomic mass is 9.72. The van der Waals surface area contributed by atoms with Gasteiger partial charge in [0.25, 0.3) is 0 Å². The van der Waals surface area contributed by atoms with E-state index >= 15 is 0 Å². The van der Waals surface area contributed by atoms with E-state index in [0.29, 0.717) is 44.7 Å². The van der Waals surface area contributed by atoms with Crippen LogP contribution in [0, 0.1) is 5.82 Å². The number of pyridine rings is 1. The summed E-state index contributed by atoms with van der Waals surface area (Å²) in [6.07, 6.45) is 2.84. The van der Waals surface area contributed by atoms with Gasteiger partial charge in [0.2, 0.25) is 5.91 Å². The van der Waals surface area contributed by atoms with Gasteiger partial charge in [-0.05, 0) is 56.0 Å². The van der Waals surface area contributed by atoms with Crippen LogP contribution in [-0.2, 0) is 14.9 Å². The molecule has 2 aromatic carbocycles. The van der Waals surface area contributed by atoms with E-state index in [1.165, 1.54) is 6.07 Å². The molecule has 1 amide bonds. The smallest absolute Gasteiger partial charge is 0.233 e. The number of nitrogens with zero attached hydrogens (tertiary/aromatic N) is 2. The molecule has 0 N–H and O–H groups in total. The van der Waals surface area contributed by atoms with Gasteiger partial charge in [-0.3, -0.25) is 9.78 Å². The first-order chi connectivity index (χ1) is 17.1. The first-order valence-corrected chi connectivity index (χ1v) is 12.3. The Hall–Kier alpha value is -3.25. The fourth-order valence-electron chi connectivity index (χ4n) is 5.56. The number of hydrogen-bond donors (Lipinski definition) is 0. The average molecular weight is 475 g/mol. The number of piperidine rings is 1. The van der Waals surface area contributed by atoms with Crippen LogP contribution in [0.15, 0.2) is 66.7 Å². The number of aromatic nitrogens is 1. The average Bonchev–Trinajstić information content (AvgIpc) is 2.93. The zero-order valence-corrected chi connectivity index (χ0v) is 20.1. The second kappa shape index (κ2) is 10.2. The van der Waals surface area contributed by atoms with Crippen molar-refractivity contribution in [3.8, 4) is 17.0 Å². The number of para-hydroxylation sites is 1. The normalized spacial score (nSPS) is 19.8.